The molecule has 1 heterocycles. The molecule has 29 heavy (non-hydrogen) atoms. The van der Waals surface area contributed by atoms with Crippen LogP contribution in [0, 0.1) is 11.3 Å². The lowest BCUT2D eigenvalue weighted by Crippen LogP contribution is -2.39. The summed E-state index contributed by atoms with van der Waals surface area (Å²) in [6.45, 7) is 0.772. The molecule has 1 saturated heterocycles. The predicted octanol–water partition coefficient (Wildman–Crippen LogP) is 3.02. The summed E-state index contributed by atoms with van der Waals surface area (Å²) in [4.78, 5) is 13.3. The lowest BCUT2D eigenvalue weighted by Gasteiger charge is -2.37. The highest BCUT2D eigenvalue weighted by molar-refractivity contribution is 7.90. The van der Waals surface area contributed by atoms with Gasteiger partial charge in [0.2, 0.25) is 15.9 Å². The molecule has 1 aliphatic heterocycles. The molecule has 7 nitrogen and oxygen atoms in total. The van der Waals surface area contributed by atoms with Crippen molar-refractivity contribution in [3.05, 3.63) is 18.2 Å². The van der Waals surface area contributed by atoms with Crippen LogP contribution in [0.4, 0.5) is 5.69 Å². The van der Waals surface area contributed by atoms with Gasteiger partial charge in [0.15, 0.2) is 11.5 Å². The number of amides is 1. The molecule has 2 aliphatic carbocycles. The van der Waals surface area contributed by atoms with Gasteiger partial charge in [-0.1, -0.05) is 19.3 Å². The average molecular weight is 423 g/mol. The van der Waals surface area contributed by atoms with Crippen LogP contribution in [-0.2, 0) is 14.8 Å². The van der Waals surface area contributed by atoms with Crippen molar-refractivity contribution in [2.75, 3.05) is 32.6 Å². The second-order valence-corrected chi connectivity index (χ2v) is 10.8. The van der Waals surface area contributed by atoms with E-state index in [1.54, 1.807) is 36.7 Å². The number of anilines is 1. The van der Waals surface area contributed by atoms with Gasteiger partial charge in [-0.15, -0.1) is 0 Å². The van der Waals surface area contributed by atoms with Gasteiger partial charge in [0.05, 0.1) is 25.4 Å². The third kappa shape index (κ3) is 3.84. The topological polar surface area (TPSA) is 84.9 Å². The van der Waals surface area contributed by atoms with E-state index in [0.717, 1.165) is 44.9 Å². The predicted molar refractivity (Wildman–Crippen MR) is 111 cm³/mol. The highest BCUT2D eigenvalue weighted by Crippen LogP contribution is 2.50. The van der Waals surface area contributed by atoms with Crippen molar-refractivity contribution in [1.82, 2.24) is 4.31 Å². The van der Waals surface area contributed by atoms with E-state index in [4.69, 9.17) is 9.47 Å². The SMILES string of the molecule is COc1ccc(NC(=O)C2CN(S(=O)(=O)C3CC3)CC23CCCCC3)cc1OC. The molecule has 1 aromatic rings. The second-order valence-electron chi connectivity index (χ2n) is 8.57. The van der Waals surface area contributed by atoms with Gasteiger partial charge in [-0.2, -0.15) is 0 Å². The Morgan fingerprint density at radius 1 is 1.10 bits per heavy atom. The molecule has 2 saturated carbocycles. The third-order valence-corrected chi connectivity index (χ3v) is 9.05. The van der Waals surface area contributed by atoms with Gasteiger partial charge in [-0.05, 0) is 43.2 Å². The van der Waals surface area contributed by atoms with Crippen LogP contribution >= 0.6 is 0 Å². The highest BCUT2D eigenvalue weighted by atomic mass is 32.2. The Morgan fingerprint density at radius 2 is 1.79 bits per heavy atom. The molecule has 0 aromatic heterocycles. The number of rotatable bonds is 6. The van der Waals surface area contributed by atoms with Crippen molar-refractivity contribution in [2.45, 2.75) is 50.2 Å². The van der Waals surface area contributed by atoms with Gasteiger partial charge in [0, 0.05) is 24.8 Å². The summed E-state index contributed by atoms with van der Waals surface area (Å²) in [6.07, 6.45) is 6.57. The molecule has 4 rings (SSSR count). The fourth-order valence-corrected chi connectivity index (χ4v) is 6.91. The Kier molecular flexibility index (Phi) is 5.50. The average Bonchev–Trinajstić information content (AvgIpc) is 3.52. The molecule has 0 radical (unpaired) electrons. The van der Waals surface area contributed by atoms with Crippen LogP contribution in [0.3, 0.4) is 0 Å². The summed E-state index contributed by atoms with van der Waals surface area (Å²) in [5.74, 6) is 0.705. The first kappa shape index (κ1) is 20.5. The molecule has 0 bridgehead atoms. The summed E-state index contributed by atoms with van der Waals surface area (Å²) in [5.41, 5.74) is 0.378. The lowest BCUT2D eigenvalue weighted by atomic mass is 9.67. The highest BCUT2D eigenvalue weighted by Gasteiger charge is 2.55. The van der Waals surface area contributed by atoms with Crippen LogP contribution in [0.15, 0.2) is 18.2 Å². The first-order valence-corrected chi connectivity index (χ1v) is 11.9. The number of hydrogen-bond acceptors (Lipinski definition) is 5. The van der Waals surface area contributed by atoms with Crippen LogP contribution in [0.5, 0.6) is 11.5 Å². The first-order valence-electron chi connectivity index (χ1n) is 10.4. The summed E-state index contributed by atoms with van der Waals surface area (Å²) < 4.78 is 37.9. The third-order valence-electron chi connectivity index (χ3n) is 6.74. The molecule has 1 N–H and O–H groups in total. The van der Waals surface area contributed by atoms with Gasteiger partial charge in [0.1, 0.15) is 0 Å². The Labute approximate surface area is 172 Å². The van der Waals surface area contributed by atoms with E-state index < -0.39 is 10.0 Å². The van der Waals surface area contributed by atoms with Crippen molar-refractivity contribution < 1.29 is 22.7 Å². The van der Waals surface area contributed by atoms with Crippen LogP contribution in [0.1, 0.15) is 44.9 Å². The largest absolute Gasteiger partial charge is 0.493 e. The number of ether oxygens (including phenoxy) is 2. The number of sulfonamides is 1. The van der Waals surface area contributed by atoms with Crippen LogP contribution < -0.4 is 14.8 Å². The zero-order chi connectivity index (χ0) is 20.6. The Balaban J connectivity index is 1.56. The number of carbonyl (C=O) groups is 1. The zero-order valence-electron chi connectivity index (χ0n) is 17.1. The van der Waals surface area contributed by atoms with Crippen molar-refractivity contribution in [2.24, 2.45) is 11.3 Å². The monoisotopic (exact) mass is 422 g/mol. The van der Waals surface area contributed by atoms with Crippen molar-refractivity contribution in [1.29, 1.82) is 0 Å². The molecule has 8 heteroatoms. The molecular formula is C21H30N2O5S. The number of carbonyl (C=O) groups excluding carboxylic acids is 1. The van der Waals surface area contributed by atoms with E-state index in [9.17, 15) is 13.2 Å². The Hall–Kier alpha value is -1.80. The molecule has 3 fully saturated rings. The summed E-state index contributed by atoms with van der Waals surface area (Å²) >= 11 is 0. The first-order chi connectivity index (χ1) is 13.9. The minimum absolute atomic E-state index is 0.104. The van der Waals surface area contributed by atoms with Gasteiger partial charge in [-0.3, -0.25) is 4.79 Å². The standard InChI is InChI=1S/C21H30N2O5S/c1-27-18-9-6-15(12-19(18)28-2)22-20(24)17-13-23(29(25,26)16-7-8-16)14-21(17)10-4-3-5-11-21/h6,9,12,16-17H,3-5,7-8,10-11,13-14H2,1-2H3,(H,22,24). The maximum absolute atomic E-state index is 13.3. The Bertz CT molecular complexity index is 875. The van der Waals surface area contributed by atoms with Gasteiger partial charge in [0.25, 0.3) is 0 Å². The Morgan fingerprint density at radius 3 is 2.41 bits per heavy atom. The van der Waals surface area contributed by atoms with Crippen LogP contribution in [0.25, 0.3) is 0 Å². The molecule has 1 aromatic carbocycles. The van der Waals surface area contributed by atoms with Crippen molar-refractivity contribution in [3.63, 3.8) is 0 Å². The maximum atomic E-state index is 13.3. The van der Waals surface area contributed by atoms with Crippen molar-refractivity contribution in [3.8, 4) is 11.5 Å². The fraction of sp³-hybridized carbons (Fsp3) is 0.667. The molecule has 160 valence electrons. The van der Waals surface area contributed by atoms with E-state index in [-0.39, 0.29) is 29.0 Å². The normalized spacial score (nSPS) is 24.4. The zero-order valence-corrected chi connectivity index (χ0v) is 18.0. The van der Waals surface area contributed by atoms with E-state index in [1.807, 2.05) is 0 Å². The number of benzene rings is 1. The minimum atomic E-state index is -3.28. The number of hydrogen-bond donors (Lipinski definition) is 1. The smallest absolute Gasteiger partial charge is 0.229 e. The van der Waals surface area contributed by atoms with E-state index >= 15 is 0 Å². The molecule has 1 spiro atoms. The van der Waals surface area contributed by atoms with Gasteiger partial charge < -0.3 is 14.8 Å². The van der Waals surface area contributed by atoms with Gasteiger partial charge >= 0.3 is 0 Å². The minimum Gasteiger partial charge on any atom is -0.493 e. The summed E-state index contributed by atoms with van der Waals surface area (Å²) in [5, 5.41) is 2.76. The summed E-state index contributed by atoms with van der Waals surface area (Å²) in [6, 6.07) is 5.27. The quantitative estimate of drug-likeness (QED) is 0.762. The lowest BCUT2D eigenvalue weighted by molar-refractivity contribution is -0.123. The maximum Gasteiger partial charge on any atom is 0.229 e. The number of nitrogens with one attached hydrogen (secondary N) is 1. The number of nitrogens with zero attached hydrogens (tertiary/aromatic N) is 1. The molecular weight excluding hydrogens is 392 g/mol. The molecule has 1 atom stereocenters. The summed E-state index contributed by atoms with van der Waals surface area (Å²) in [7, 11) is -0.164. The number of methoxy groups -OCH3 is 2. The fourth-order valence-electron chi connectivity index (χ4n) is 4.96. The van der Waals surface area contributed by atoms with Gasteiger partial charge in [-0.25, -0.2) is 12.7 Å². The van der Waals surface area contributed by atoms with Crippen LogP contribution in [0.2, 0.25) is 0 Å². The molecule has 1 unspecified atom stereocenters. The van der Waals surface area contributed by atoms with Crippen molar-refractivity contribution >= 4 is 21.6 Å². The molecule has 3 aliphatic rings. The van der Waals surface area contributed by atoms with Crippen LogP contribution in [-0.4, -0.2) is 51.2 Å². The molecule has 1 amide bonds. The van der Waals surface area contributed by atoms with E-state index in [1.165, 1.54) is 0 Å². The second kappa shape index (κ2) is 7.80. The van der Waals surface area contributed by atoms with E-state index in [0.29, 0.717) is 23.7 Å². The van der Waals surface area contributed by atoms with E-state index in [2.05, 4.69) is 5.32 Å².